The van der Waals surface area contributed by atoms with Gasteiger partial charge in [-0.05, 0) is 70.5 Å². The molecule has 1 unspecified atom stereocenters. The monoisotopic (exact) mass is 282 g/mol. The van der Waals surface area contributed by atoms with Gasteiger partial charge in [0.05, 0.1) is 5.60 Å². The Labute approximate surface area is 125 Å². The molecule has 2 heterocycles. The van der Waals surface area contributed by atoms with Crippen molar-refractivity contribution in [2.75, 3.05) is 39.3 Å². The maximum atomic E-state index is 10.3. The molecule has 118 valence electrons. The molecule has 2 saturated heterocycles. The largest absolute Gasteiger partial charge is 0.390 e. The summed E-state index contributed by atoms with van der Waals surface area (Å²) in [4.78, 5) is 5.21. The zero-order valence-electron chi connectivity index (χ0n) is 14.0. The molecule has 0 amide bonds. The highest BCUT2D eigenvalue weighted by Gasteiger charge is 2.34. The van der Waals surface area contributed by atoms with E-state index in [1.165, 1.54) is 51.9 Å². The summed E-state index contributed by atoms with van der Waals surface area (Å²) in [6.07, 6.45) is 5.15. The van der Waals surface area contributed by atoms with Crippen LogP contribution in [0.1, 0.15) is 53.4 Å². The van der Waals surface area contributed by atoms with Gasteiger partial charge in [-0.2, -0.15) is 0 Å². The van der Waals surface area contributed by atoms with Crippen LogP contribution in [0.2, 0.25) is 0 Å². The zero-order valence-corrected chi connectivity index (χ0v) is 14.0. The van der Waals surface area contributed by atoms with Crippen LogP contribution in [0.25, 0.3) is 0 Å². The van der Waals surface area contributed by atoms with Crippen molar-refractivity contribution >= 4 is 0 Å². The van der Waals surface area contributed by atoms with E-state index < -0.39 is 5.60 Å². The van der Waals surface area contributed by atoms with Gasteiger partial charge in [-0.15, -0.1) is 0 Å². The predicted octanol–water partition coefficient (Wildman–Crippen LogP) is 2.59. The van der Waals surface area contributed by atoms with Crippen molar-refractivity contribution in [1.29, 1.82) is 0 Å². The highest BCUT2D eigenvalue weighted by molar-refractivity contribution is 4.87. The molecule has 0 spiro atoms. The lowest BCUT2D eigenvalue weighted by Crippen LogP contribution is -2.49. The fourth-order valence-corrected chi connectivity index (χ4v) is 3.98. The topological polar surface area (TPSA) is 26.7 Å². The molecule has 1 atom stereocenters. The molecular weight excluding hydrogens is 248 g/mol. The molecule has 2 aliphatic rings. The second-order valence-corrected chi connectivity index (χ2v) is 8.38. The van der Waals surface area contributed by atoms with E-state index in [0.717, 1.165) is 13.1 Å². The number of hydrogen-bond donors (Lipinski definition) is 1. The third-order valence-corrected chi connectivity index (χ3v) is 5.01. The van der Waals surface area contributed by atoms with Gasteiger partial charge >= 0.3 is 0 Å². The van der Waals surface area contributed by atoms with E-state index in [9.17, 15) is 5.11 Å². The van der Waals surface area contributed by atoms with Gasteiger partial charge in [0.1, 0.15) is 0 Å². The van der Waals surface area contributed by atoms with Gasteiger partial charge < -0.3 is 14.9 Å². The van der Waals surface area contributed by atoms with Gasteiger partial charge in [-0.25, -0.2) is 0 Å². The SMILES string of the molecule is CC(C)(CN1CCCC1)CN1CCCC(C(C)(C)O)C1. The molecule has 1 N–H and O–H groups in total. The zero-order chi connectivity index (χ0) is 14.8. The van der Waals surface area contributed by atoms with Gasteiger partial charge in [0.25, 0.3) is 0 Å². The average Bonchev–Trinajstić information content (AvgIpc) is 2.79. The Morgan fingerprint density at radius 2 is 1.45 bits per heavy atom. The van der Waals surface area contributed by atoms with Crippen LogP contribution < -0.4 is 0 Å². The first-order valence-electron chi connectivity index (χ1n) is 8.43. The Balaban J connectivity index is 1.84. The first-order chi connectivity index (χ1) is 9.26. The summed E-state index contributed by atoms with van der Waals surface area (Å²) in [5.41, 5.74) is -0.177. The second-order valence-electron chi connectivity index (χ2n) is 8.38. The number of piperidine rings is 1. The van der Waals surface area contributed by atoms with Crippen LogP contribution in [0.3, 0.4) is 0 Å². The minimum atomic E-state index is -0.530. The molecule has 0 aliphatic carbocycles. The van der Waals surface area contributed by atoms with Crippen LogP contribution in [0.15, 0.2) is 0 Å². The molecule has 2 fully saturated rings. The molecule has 0 saturated carbocycles. The highest BCUT2D eigenvalue weighted by Crippen LogP contribution is 2.29. The van der Waals surface area contributed by atoms with E-state index in [0.29, 0.717) is 11.3 Å². The molecule has 2 aliphatic heterocycles. The summed E-state index contributed by atoms with van der Waals surface area (Å²) in [5.74, 6) is 0.429. The van der Waals surface area contributed by atoms with Crippen LogP contribution >= 0.6 is 0 Å². The Kier molecular flexibility index (Phi) is 5.14. The van der Waals surface area contributed by atoms with Gasteiger partial charge in [0.2, 0.25) is 0 Å². The van der Waals surface area contributed by atoms with Crippen molar-refractivity contribution in [3.63, 3.8) is 0 Å². The van der Waals surface area contributed by atoms with Gasteiger partial charge in [0.15, 0.2) is 0 Å². The minimum Gasteiger partial charge on any atom is -0.390 e. The normalized spacial score (nSPS) is 27.1. The van der Waals surface area contributed by atoms with Crippen molar-refractivity contribution in [3.05, 3.63) is 0 Å². The van der Waals surface area contributed by atoms with Gasteiger partial charge in [-0.1, -0.05) is 13.8 Å². The van der Waals surface area contributed by atoms with E-state index in [-0.39, 0.29) is 0 Å². The number of aliphatic hydroxyl groups is 1. The Bertz CT molecular complexity index is 303. The maximum Gasteiger partial charge on any atom is 0.0632 e. The molecule has 0 aromatic carbocycles. The smallest absolute Gasteiger partial charge is 0.0632 e. The lowest BCUT2D eigenvalue weighted by Gasteiger charge is -2.42. The second kappa shape index (κ2) is 6.33. The van der Waals surface area contributed by atoms with Crippen LogP contribution in [0.4, 0.5) is 0 Å². The summed E-state index contributed by atoms with van der Waals surface area (Å²) in [6.45, 7) is 16.0. The lowest BCUT2D eigenvalue weighted by atomic mass is 9.83. The first-order valence-corrected chi connectivity index (χ1v) is 8.43. The molecule has 20 heavy (non-hydrogen) atoms. The molecule has 0 aromatic heterocycles. The van der Waals surface area contributed by atoms with E-state index >= 15 is 0 Å². The van der Waals surface area contributed by atoms with E-state index in [1.54, 1.807) is 0 Å². The summed E-state index contributed by atoms with van der Waals surface area (Å²) in [6, 6.07) is 0. The summed E-state index contributed by atoms with van der Waals surface area (Å²) in [5, 5.41) is 10.3. The number of rotatable bonds is 5. The lowest BCUT2D eigenvalue weighted by molar-refractivity contribution is -0.0258. The molecular formula is C17H34N2O. The summed E-state index contributed by atoms with van der Waals surface area (Å²) < 4.78 is 0. The molecule has 2 rings (SSSR count). The van der Waals surface area contributed by atoms with Crippen molar-refractivity contribution < 1.29 is 5.11 Å². The standard InChI is InChI=1S/C17H34N2O/c1-16(2,13-18-9-5-6-10-18)14-19-11-7-8-15(12-19)17(3,4)20/h15,20H,5-14H2,1-4H3. The van der Waals surface area contributed by atoms with Crippen molar-refractivity contribution in [2.24, 2.45) is 11.3 Å². The van der Waals surface area contributed by atoms with E-state index in [1.807, 2.05) is 13.8 Å². The summed E-state index contributed by atoms with van der Waals surface area (Å²) in [7, 11) is 0. The van der Waals surface area contributed by atoms with Crippen LogP contribution in [-0.4, -0.2) is 59.8 Å². The molecule has 0 radical (unpaired) electrons. The quantitative estimate of drug-likeness (QED) is 0.839. The van der Waals surface area contributed by atoms with Gasteiger partial charge in [0, 0.05) is 19.6 Å². The van der Waals surface area contributed by atoms with Crippen molar-refractivity contribution in [2.45, 2.75) is 59.0 Å². The third-order valence-electron chi connectivity index (χ3n) is 5.01. The van der Waals surface area contributed by atoms with Gasteiger partial charge in [-0.3, -0.25) is 0 Å². The van der Waals surface area contributed by atoms with Crippen LogP contribution in [-0.2, 0) is 0 Å². The first kappa shape index (κ1) is 16.3. The minimum absolute atomic E-state index is 0.353. The number of hydrogen-bond acceptors (Lipinski definition) is 3. The summed E-state index contributed by atoms with van der Waals surface area (Å²) >= 11 is 0. The van der Waals surface area contributed by atoms with Crippen molar-refractivity contribution in [1.82, 2.24) is 9.80 Å². The maximum absolute atomic E-state index is 10.3. The molecule has 0 aromatic rings. The predicted molar refractivity (Wildman–Crippen MR) is 84.9 cm³/mol. The van der Waals surface area contributed by atoms with E-state index in [2.05, 4.69) is 23.6 Å². The third kappa shape index (κ3) is 4.71. The van der Waals surface area contributed by atoms with Crippen LogP contribution in [0, 0.1) is 11.3 Å². The van der Waals surface area contributed by atoms with Crippen LogP contribution in [0.5, 0.6) is 0 Å². The fraction of sp³-hybridized carbons (Fsp3) is 1.00. The van der Waals surface area contributed by atoms with Crippen molar-refractivity contribution in [3.8, 4) is 0 Å². The average molecular weight is 282 g/mol. The Hall–Kier alpha value is -0.120. The number of nitrogens with zero attached hydrogens (tertiary/aromatic N) is 2. The fourth-order valence-electron chi connectivity index (χ4n) is 3.98. The molecule has 3 nitrogen and oxygen atoms in total. The Morgan fingerprint density at radius 1 is 0.900 bits per heavy atom. The molecule has 3 heteroatoms. The Morgan fingerprint density at radius 3 is 2.05 bits per heavy atom. The molecule has 0 bridgehead atoms. The highest BCUT2D eigenvalue weighted by atomic mass is 16.3. The number of likely N-dealkylation sites (tertiary alicyclic amines) is 2. The van der Waals surface area contributed by atoms with E-state index in [4.69, 9.17) is 0 Å².